The molecule has 0 aliphatic heterocycles. The number of carbonyl (C=O) groups excluding carboxylic acids is 1. The van der Waals surface area contributed by atoms with E-state index in [1.165, 1.54) is 50.6 Å². The summed E-state index contributed by atoms with van der Waals surface area (Å²) < 4.78 is 34.4. The number of hydrogen-bond donors (Lipinski definition) is 1. The van der Waals surface area contributed by atoms with Crippen molar-refractivity contribution in [1.82, 2.24) is 0 Å². The maximum Gasteiger partial charge on any atom is 0.296 e. The van der Waals surface area contributed by atoms with Crippen molar-refractivity contribution in [3.8, 4) is 11.5 Å². The van der Waals surface area contributed by atoms with Gasteiger partial charge in [-0.2, -0.15) is 0 Å². The number of anilines is 1. The molecule has 1 N–H and O–H groups in total. The van der Waals surface area contributed by atoms with Crippen molar-refractivity contribution in [3.05, 3.63) is 52.6 Å². The van der Waals surface area contributed by atoms with E-state index in [2.05, 4.69) is 5.32 Å². The molecule has 9 nitrogen and oxygen atoms in total. The molecule has 0 fully saturated rings. The third kappa shape index (κ3) is 4.48. The summed E-state index contributed by atoms with van der Waals surface area (Å²) in [6, 6.07) is 9.37. The third-order valence-corrected chi connectivity index (χ3v) is 5.05. The van der Waals surface area contributed by atoms with Crippen molar-refractivity contribution in [1.29, 1.82) is 0 Å². The number of methoxy groups -OCH3 is 2. The topological polar surface area (TPSA) is 125 Å². The highest BCUT2D eigenvalue weighted by Gasteiger charge is 2.22. The molecular weight excluding hydrogens is 364 g/mol. The van der Waals surface area contributed by atoms with Crippen LogP contribution in [-0.4, -0.2) is 39.2 Å². The molecule has 2 aromatic carbocycles. The first kappa shape index (κ1) is 19.2. The third-order valence-electron chi connectivity index (χ3n) is 3.42. The second-order valence-electron chi connectivity index (χ2n) is 5.12. The van der Waals surface area contributed by atoms with Crippen LogP contribution in [0.25, 0.3) is 0 Å². The fourth-order valence-corrected chi connectivity index (χ4v) is 3.26. The van der Waals surface area contributed by atoms with Crippen molar-refractivity contribution in [3.63, 3.8) is 0 Å². The highest BCUT2D eigenvalue weighted by atomic mass is 32.2. The van der Waals surface area contributed by atoms with Gasteiger partial charge in [-0.15, -0.1) is 0 Å². The van der Waals surface area contributed by atoms with E-state index < -0.39 is 32.1 Å². The maximum absolute atomic E-state index is 12.3. The van der Waals surface area contributed by atoms with Gasteiger partial charge in [0.25, 0.3) is 5.69 Å². The quantitative estimate of drug-likeness (QED) is 0.575. The smallest absolute Gasteiger partial charge is 0.296 e. The van der Waals surface area contributed by atoms with Crippen LogP contribution < -0.4 is 14.8 Å². The van der Waals surface area contributed by atoms with Gasteiger partial charge in [0.1, 0.15) is 22.9 Å². The van der Waals surface area contributed by atoms with E-state index in [0.717, 1.165) is 6.07 Å². The Bertz CT molecular complexity index is 924. The fraction of sp³-hybridized carbons (Fsp3) is 0.188. The van der Waals surface area contributed by atoms with Crippen LogP contribution in [0.5, 0.6) is 11.5 Å². The van der Waals surface area contributed by atoms with Crippen LogP contribution in [0, 0.1) is 10.1 Å². The predicted octanol–water partition coefficient (Wildman–Crippen LogP) is 2.02. The van der Waals surface area contributed by atoms with E-state index in [0.29, 0.717) is 5.75 Å². The summed E-state index contributed by atoms with van der Waals surface area (Å²) in [4.78, 5) is 22.4. The lowest BCUT2D eigenvalue weighted by Gasteiger charge is -2.08. The molecular formula is C16H16N2O7S. The summed E-state index contributed by atoms with van der Waals surface area (Å²) >= 11 is 0. The van der Waals surface area contributed by atoms with Gasteiger partial charge < -0.3 is 14.8 Å². The number of nitro groups is 1. The number of nitro benzene ring substituents is 1. The number of sulfone groups is 1. The summed E-state index contributed by atoms with van der Waals surface area (Å²) in [7, 11) is -1.12. The van der Waals surface area contributed by atoms with Crippen LogP contribution in [0.1, 0.15) is 0 Å². The zero-order valence-electron chi connectivity index (χ0n) is 14.0. The van der Waals surface area contributed by atoms with Gasteiger partial charge in [-0.1, -0.05) is 0 Å². The fourth-order valence-electron chi connectivity index (χ4n) is 2.12. The van der Waals surface area contributed by atoms with Gasteiger partial charge in [0.05, 0.1) is 30.1 Å². The Kier molecular flexibility index (Phi) is 5.78. The summed E-state index contributed by atoms with van der Waals surface area (Å²) in [6.07, 6.45) is 0. The lowest BCUT2D eigenvalue weighted by Crippen LogP contribution is -2.23. The number of hydrogen-bond acceptors (Lipinski definition) is 7. The SMILES string of the molecule is COc1ccc(S(=O)(=O)CC(=O)Nc2ccc(OC)cc2[N+](=O)[O-])cc1. The molecule has 10 heteroatoms. The Morgan fingerprint density at radius 2 is 1.65 bits per heavy atom. The van der Waals surface area contributed by atoms with Crippen LogP contribution in [0.4, 0.5) is 11.4 Å². The molecule has 0 bridgehead atoms. The van der Waals surface area contributed by atoms with Crippen LogP contribution >= 0.6 is 0 Å². The Labute approximate surface area is 149 Å². The molecule has 0 heterocycles. The molecule has 0 aliphatic carbocycles. The normalized spacial score (nSPS) is 10.8. The standard InChI is InChI=1S/C16H16N2O7S/c1-24-11-3-6-13(7-4-11)26(22,23)10-16(19)17-14-8-5-12(25-2)9-15(14)18(20)21/h3-9H,10H2,1-2H3,(H,17,19). The van der Waals surface area contributed by atoms with Gasteiger partial charge in [0, 0.05) is 0 Å². The van der Waals surface area contributed by atoms with Crippen molar-refractivity contribution < 1.29 is 27.6 Å². The lowest BCUT2D eigenvalue weighted by atomic mass is 10.2. The van der Waals surface area contributed by atoms with Crippen molar-refractivity contribution in [2.24, 2.45) is 0 Å². The van der Waals surface area contributed by atoms with E-state index in [-0.39, 0.29) is 16.3 Å². The van der Waals surface area contributed by atoms with Crippen molar-refractivity contribution in [2.45, 2.75) is 4.90 Å². The molecule has 0 unspecified atom stereocenters. The van der Waals surface area contributed by atoms with Crippen LogP contribution in [0.15, 0.2) is 47.4 Å². The largest absolute Gasteiger partial charge is 0.497 e. The summed E-state index contributed by atoms with van der Waals surface area (Å²) in [5.41, 5.74) is -0.523. The molecule has 0 saturated carbocycles. The van der Waals surface area contributed by atoms with Gasteiger partial charge in [-0.05, 0) is 36.4 Å². The highest BCUT2D eigenvalue weighted by Crippen LogP contribution is 2.29. The summed E-state index contributed by atoms with van der Waals surface area (Å²) in [5, 5.41) is 13.4. The number of nitrogens with zero attached hydrogens (tertiary/aromatic N) is 1. The Morgan fingerprint density at radius 3 is 2.19 bits per heavy atom. The number of carbonyl (C=O) groups is 1. The van der Waals surface area contributed by atoms with Crippen LogP contribution in [0.3, 0.4) is 0 Å². The van der Waals surface area contributed by atoms with Crippen molar-refractivity contribution >= 4 is 27.1 Å². The van der Waals surface area contributed by atoms with Gasteiger partial charge in [-0.25, -0.2) is 8.42 Å². The van der Waals surface area contributed by atoms with Crippen LogP contribution in [0.2, 0.25) is 0 Å². The number of rotatable bonds is 7. The zero-order chi connectivity index (χ0) is 19.3. The molecule has 1 amide bonds. The minimum Gasteiger partial charge on any atom is -0.497 e. The van der Waals surface area contributed by atoms with Gasteiger partial charge >= 0.3 is 0 Å². The molecule has 0 aliphatic rings. The maximum atomic E-state index is 12.3. The van der Waals surface area contributed by atoms with E-state index >= 15 is 0 Å². The Balaban J connectivity index is 2.18. The van der Waals surface area contributed by atoms with E-state index in [1.54, 1.807) is 0 Å². The molecule has 0 atom stereocenters. The lowest BCUT2D eigenvalue weighted by molar-refractivity contribution is -0.384. The molecule has 26 heavy (non-hydrogen) atoms. The summed E-state index contributed by atoms with van der Waals surface area (Å²) in [6.45, 7) is 0. The van der Waals surface area contributed by atoms with E-state index in [4.69, 9.17) is 9.47 Å². The average molecular weight is 380 g/mol. The second kappa shape index (κ2) is 7.83. The first-order valence-electron chi connectivity index (χ1n) is 7.26. The van der Waals surface area contributed by atoms with Gasteiger partial charge in [0.15, 0.2) is 9.84 Å². The first-order valence-corrected chi connectivity index (χ1v) is 8.91. The minimum absolute atomic E-state index is 0.0577. The first-order chi connectivity index (χ1) is 12.3. The molecule has 138 valence electrons. The zero-order valence-corrected chi connectivity index (χ0v) is 14.8. The molecule has 0 radical (unpaired) electrons. The van der Waals surface area contributed by atoms with Crippen LogP contribution in [-0.2, 0) is 14.6 Å². The Morgan fingerprint density at radius 1 is 1.08 bits per heavy atom. The highest BCUT2D eigenvalue weighted by molar-refractivity contribution is 7.92. The molecule has 2 aromatic rings. The number of amides is 1. The number of benzene rings is 2. The van der Waals surface area contributed by atoms with E-state index in [1.807, 2.05) is 0 Å². The second-order valence-corrected chi connectivity index (χ2v) is 7.11. The minimum atomic E-state index is -3.91. The molecule has 0 saturated heterocycles. The Hall–Kier alpha value is -3.14. The average Bonchev–Trinajstić information content (AvgIpc) is 2.61. The number of ether oxygens (including phenoxy) is 2. The molecule has 0 spiro atoms. The van der Waals surface area contributed by atoms with Gasteiger partial charge in [0.2, 0.25) is 5.91 Å². The monoisotopic (exact) mass is 380 g/mol. The number of nitrogens with one attached hydrogen (secondary N) is 1. The molecule has 2 rings (SSSR count). The molecule has 0 aromatic heterocycles. The summed E-state index contributed by atoms with van der Waals surface area (Å²) in [5.74, 6) is -1.04. The predicted molar refractivity (Wildman–Crippen MR) is 93.3 cm³/mol. The van der Waals surface area contributed by atoms with E-state index in [9.17, 15) is 23.3 Å². The van der Waals surface area contributed by atoms with Gasteiger partial charge in [-0.3, -0.25) is 14.9 Å². The van der Waals surface area contributed by atoms with Crippen molar-refractivity contribution in [2.75, 3.05) is 25.3 Å².